The number of anilines is 1. The predicted octanol–water partition coefficient (Wildman–Crippen LogP) is 2.99. The molecule has 0 aliphatic carbocycles. The molecule has 0 aromatic heterocycles. The van der Waals surface area contributed by atoms with Crippen LogP contribution in [0.5, 0.6) is 5.75 Å². The number of thioether (sulfide) groups is 1. The van der Waals surface area contributed by atoms with Gasteiger partial charge in [0.25, 0.3) is 0 Å². The molecule has 76 valence electrons. The molecule has 0 saturated carbocycles. The Morgan fingerprint density at radius 1 is 1.50 bits per heavy atom. The predicted molar refractivity (Wildman–Crippen MR) is 61.4 cm³/mol. The zero-order valence-electron chi connectivity index (χ0n) is 8.38. The topological polar surface area (TPSA) is 21.3 Å². The number of nitrogens with one attached hydrogen (secondary N) is 1. The van der Waals surface area contributed by atoms with Gasteiger partial charge < -0.3 is 10.1 Å². The van der Waals surface area contributed by atoms with Gasteiger partial charge in [0, 0.05) is 11.4 Å². The van der Waals surface area contributed by atoms with Crippen molar-refractivity contribution in [3.8, 4) is 5.75 Å². The van der Waals surface area contributed by atoms with E-state index in [0.29, 0.717) is 0 Å². The highest BCUT2D eigenvalue weighted by Crippen LogP contribution is 2.37. The minimum atomic E-state index is 0.725. The van der Waals surface area contributed by atoms with Crippen LogP contribution in [0.25, 0.3) is 0 Å². The van der Waals surface area contributed by atoms with E-state index >= 15 is 0 Å². The Bertz CT molecular complexity index is 314. The van der Waals surface area contributed by atoms with Crippen molar-refractivity contribution in [2.75, 3.05) is 24.2 Å². The van der Waals surface area contributed by atoms with Crippen LogP contribution < -0.4 is 10.1 Å². The lowest BCUT2D eigenvalue weighted by molar-refractivity contribution is 0.341. The van der Waals surface area contributed by atoms with Crippen LogP contribution in [-0.2, 0) is 0 Å². The minimum Gasteiger partial charge on any atom is -0.492 e. The molecule has 1 N–H and O–H groups in total. The highest BCUT2D eigenvalue weighted by atomic mass is 32.2. The first-order valence-corrected chi connectivity index (χ1v) is 6.03. The Morgan fingerprint density at radius 2 is 2.43 bits per heavy atom. The molecule has 0 amide bonds. The maximum atomic E-state index is 5.58. The normalized spacial score (nSPS) is 15.2. The maximum Gasteiger partial charge on any atom is 0.143 e. The molecule has 1 aliphatic rings. The Labute approximate surface area is 89.0 Å². The van der Waals surface area contributed by atoms with E-state index in [1.165, 1.54) is 22.8 Å². The monoisotopic (exact) mass is 209 g/mol. The van der Waals surface area contributed by atoms with Crippen LogP contribution in [0.4, 0.5) is 5.69 Å². The highest BCUT2D eigenvalue weighted by Gasteiger charge is 2.11. The number of benzene rings is 1. The average molecular weight is 209 g/mol. The van der Waals surface area contributed by atoms with Gasteiger partial charge in [0.15, 0.2) is 0 Å². The van der Waals surface area contributed by atoms with E-state index in [1.807, 2.05) is 24.8 Å². The minimum absolute atomic E-state index is 0.725. The third-order valence-corrected chi connectivity index (χ3v) is 3.31. The van der Waals surface area contributed by atoms with Gasteiger partial charge in [0.05, 0.1) is 12.3 Å². The number of fused-ring (bicyclic) bond motifs is 1. The van der Waals surface area contributed by atoms with Crippen molar-refractivity contribution in [2.24, 2.45) is 0 Å². The zero-order chi connectivity index (χ0) is 9.80. The van der Waals surface area contributed by atoms with Crippen molar-refractivity contribution in [1.29, 1.82) is 0 Å². The molecule has 0 bridgehead atoms. The van der Waals surface area contributed by atoms with Crippen molar-refractivity contribution in [1.82, 2.24) is 0 Å². The summed E-state index contributed by atoms with van der Waals surface area (Å²) in [5.41, 5.74) is 1.18. The van der Waals surface area contributed by atoms with E-state index in [-0.39, 0.29) is 0 Å². The van der Waals surface area contributed by atoms with Crippen molar-refractivity contribution in [3.05, 3.63) is 18.2 Å². The molecule has 0 spiro atoms. The summed E-state index contributed by atoms with van der Waals surface area (Å²) in [5, 5.41) is 3.43. The molecule has 1 aromatic carbocycles. The smallest absolute Gasteiger partial charge is 0.143 e. The van der Waals surface area contributed by atoms with E-state index in [9.17, 15) is 0 Å². The van der Waals surface area contributed by atoms with Crippen molar-refractivity contribution in [3.63, 3.8) is 0 Å². The van der Waals surface area contributed by atoms with Gasteiger partial charge in [-0.25, -0.2) is 0 Å². The van der Waals surface area contributed by atoms with Crippen molar-refractivity contribution < 1.29 is 4.74 Å². The van der Waals surface area contributed by atoms with Gasteiger partial charge in [-0.1, -0.05) is 6.07 Å². The standard InChI is InChI=1S/C11H15NOS/c1-2-13-9-5-3-6-10-11(9)12-7-4-8-14-10/h3,5-6,12H,2,4,7-8H2,1H3. The van der Waals surface area contributed by atoms with Crippen molar-refractivity contribution >= 4 is 17.4 Å². The van der Waals surface area contributed by atoms with E-state index in [1.54, 1.807) is 0 Å². The Morgan fingerprint density at radius 3 is 3.29 bits per heavy atom. The van der Waals surface area contributed by atoms with Gasteiger partial charge in [-0.05, 0) is 31.2 Å². The molecule has 0 fully saturated rings. The molecule has 0 unspecified atom stereocenters. The number of rotatable bonds is 2. The first-order chi connectivity index (χ1) is 6.92. The fraction of sp³-hybridized carbons (Fsp3) is 0.455. The molecule has 2 nitrogen and oxygen atoms in total. The lowest BCUT2D eigenvalue weighted by Crippen LogP contribution is -2.03. The quantitative estimate of drug-likeness (QED) is 0.809. The van der Waals surface area contributed by atoms with E-state index in [0.717, 1.165) is 18.9 Å². The van der Waals surface area contributed by atoms with E-state index in [2.05, 4.69) is 17.4 Å². The lowest BCUT2D eigenvalue weighted by atomic mass is 10.3. The van der Waals surface area contributed by atoms with E-state index in [4.69, 9.17) is 4.74 Å². The van der Waals surface area contributed by atoms with Crippen LogP contribution in [0.3, 0.4) is 0 Å². The average Bonchev–Trinajstić information content (AvgIpc) is 2.44. The van der Waals surface area contributed by atoms with Crippen LogP contribution in [0.1, 0.15) is 13.3 Å². The number of hydrogen-bond acceptors (Lipinski definition) is 3. The number of para-hydroxylation sites is 1. The third-order valence-electron chi connectivity index (χ3n) is 2.17. The molecule has 3 heteroatoms. The molecule has 0 atom stereocenters. The SMILES string of the molecule is CCOc1cccc2c1NCCCS2. The molecule has 1 aromatic rings. The van der Waals surface area contributed by atoms with Gasteiger partial charge in [-0.2, -0.15) is 0 Å². The van der Waals surface area contributed by atoms with Gasteiger partial charge in [0.2, 0.25) is 0 Å². The van der Waals surface area contributed by atoms with Crippen molar-refractivity contribution in [2.45, 2.75) is 18.2 Å². The molecule has 14 heavy (non-hydrogen) atoms. The molecular formula is C11H15NOS. The van der Waals surface area contributed by atoms with Gasteiger partial charge in [0.1, 0.15) is 5.75 Å². The van der Waals surface area contributed by atoms with Crippen LogP contribution >= 0.6 is 11.8 Å². The van der Waals surface area contributed by atoms with Gasteiger partial charge >= 0.3 is 0 Å². The molecule has 1 aliphatic heterocycles. The summed E-state index contributed by atoms with van der Waals surface area (Å²) in [6.07, 6.45) is 1.21. The van der Waals surface area contributed by atoms with Gasteiger partial charge in [-0.3, -0.25) is 0 Å². The van der Waals surface area contributed by atoms with Crippen LogP contribution in [0, 0.1) is 0 Å². The highest BCUT2D eigenvalue weighted by molar-refractivity contribution is 7.99. The van der Waals surface area contributed by atoms with Gasteiger partial charge in [-0.15, -0.1) is 11.8 Å². The fourth-order valence-electron chi connectivity index (χ4n) is 1.55. The zero-order valence-corrected chi connectivity index (χ0v) is 9.19. The molecule has 1 heterocycles. The largest absolute Gasteiger partial charge is 0.492 e. The molecular weight excluding hydrogens is 194 g/mol. The Hall–Kier alpha value is -0.830. The fourth-order valence-corrected chi connectivity index (χ4v) is 2.55. The maximum absolute atomic E-state index is 5.58. The van der Waals surface area contributed by atoms with Crippen LogP contribution in [0.15, 0.2) is 23.1 Å². The van der Waals surface area contributed by atoms with E-state index < -0.39 is 0 Å². The number of hydrogen-bond donors (Lipinski definition) is 1. The first kappa shape index (κ1) is 9.71. The summed E-state index contributed by atoms with van der Waals surface area (Å²) in [6, 6.07) is 6.24. The second kappa shape index (κ2) is 4.60. The van der Waals surface area contributed by atoms with Crippen LogP contribution in [0.2, 0.25) is 0 Å². The third kappa shape index (κ3) is 1.98. The first-order valence-electron chi connectivity index (χ1n) is 5.04. The summed E-state index contributed by atoms with van der Waals surface area (Å²) in [6.45, 7) is 3.79. The number of ether oxygens (including phenoxy) is 1. The summed E-state index contributed by atoms with van der Waals surface area (Å²) in [4.78, 5) is 1.31. The summed E-state index contributed by atoms with van der Waals surface area (Å²) >= 11 is 1.91. The second-order valence-corrected chi connectivity index (χ2v) is 4.33. The lowest BCUT2D eigenvalue weighted by Gasteiger charge is -2.12. The molecule has 0 radical (unpaired) electrons. The second-order valence-electron chi connectivity index (χ2n) is 3.19. The Kier molecular flexibility index (Phi) is 3.19. The van der Waals surface area contributed by atoms with Crippen LogP contribution in [-0.4, -0.2) is 18.9 Å². The summed E-state index contributed by atoms with van der Waals surface area (Å²) < 4.78 is 5.58. The summed E-state index contributed by atoms with van der Waals surface area (Å²) in [7, 11) is 0. The Balaban J connectivity index is 2.32. The molecule has 2 rings (SSSR count). The summed E-state index contributed by atoms with van der Waals surface area (Å²) in [5.74, 6) is 2.18. The molecule has 0 saturated heterocycles.